The van der Waals surface area contributed by atoms with E-state index in [0.29, 0.717) is 0 Å². The van der Waals surface area contributed by atoms with Crippen LogP contribution in [0, 0.1) is 0 Å². The van der Waals surface area contributed by atoms with Crippen LogP contribution in [0.15, 0.2) is 23.8 Å². The van der Waals surface area contributed by atoms with Crippen molar-refractivity contribution in [3.05, 3.63) is 23.8 Å². The zero-order valence-electron chi connectivity index (χ0n) is 6.43. The third-order valence-electron chi connectivity index (χ3n) is 2.09. The quantitative estimate of drug-likeness (QED) is 0.543. The summed E-state index contributed by atoms with van der Waals surface area (Å²) >= 11 is 0. The van der Waals surface area contributed by atoms with Crippen molar-refractivity contribution in [1.29, 1.82) is 0 Å². The third-order valence-corrected chi connectivity index (χ3v) is 2.09. The van der Waals surface area contributed by atoms with Crippen LogP contribution in [0.25, 0.3) is 0 Å². The van der Waals surface area contributed by atoms with Gasteiger partial charge < -0.3 is 5.11 Å². The van der Waals surface area contributed by atoms with Gasteiger partial charge in [0.15, 0.2) is 0 Å². The van der Waals surface area contributed by atoms with E-state index in [-0.39, 0.29) is 6.10 Å². The van der Waals surface area contributed by atoms with Crippen molar-refractivity contribution >= 4 is 0 Å². The lowest BCUT2D eigenvalue weighted by molar-refractivity contribution is 0.191. The van der Waals surface area contributed by atoms with Crippen LogP contribution in [-0.2, 0) is 0 Å². The number of hydrogen-bond donors (Lipinski definition) is 1. The average Bonchev–Trinajstić information content (AvgIpc) is 1.95. The first-order valence-corrected chi connectivity index (χ1v) is 3.78. The summed E-state index contributed by atoms with van der Waals surface area (Å²) < 4.78 is 0. The van der Waals surface area contributed by atoms with Gasteiger partial charge in [0.05, 0.1) is 6.10 Å². The maximum absolute atomic E-state index is 9.34. The number of allylic oxidation sites excluding steroid dienone is 1. The first-order chi connectivity index (χ1) is 4.75. The van der Waals surface area contributed by atoms with Crippen molar-refractivity contribution in [2.45, 2.75) is 32.3 Å². The molecule has 1 nitrogen and oxygen atoms in total. The molecular weight excluding hydrogens is 124 g/mol. The van der Waals surface area contributed by atoms with E-state index in [0.717, 1.165) is 24.8 Å². The predicted octanol–water partition coefficient (Wildman–Crippen LogP) is 2.03. The molecule has 0 aromatic heterocycles. The van der Waals surface area contributed by atoms with Gasteiger partial charge in [0, 0.05) is 0 Å². The van der Waals surface area contributed by atoms with Gasteiger partial charge in [-0.2, -0.15) is 0 Å². The van der Waals surface area contributed by atoms with Crippen LogP contribution in [0.3, 0.4) is 0 Å². The second-order valence-corrected chi connectivity index (χ2v) is 2.75. The number of hydrogen-bond acceptors (Lipinski definition) is 1. The molecule has 0 heterocycles. The third kappa shape index (κ3) is 1.29. The van der Waals surface area contributed by atoms with Gasteiger partial charge >= 0.3 is 0 Å². The molecular formula is C9H14O. The molecule has 0 unspecified atom stereocenters. The van der Waals surface area contributed by atoms with Gasteiger partial charge in [0.1, 0.15) is 0 Å². The van der Waals surface area contributed by atoms with E-state index >= 15 is 0 Å². The molecule has 1 rings (SSSR count). The number of aliphatic hydroxyl groups excluding tert-OH is 1. The summed E-state index contributed by atoms with van der Waals surface area (Å²) in [6.07, 6.45) is 4.84. The molecule has 1 heteroatoms. The van der Waals surface area contributed by atoms with Crippen molar-refractivity contribution in [2.75, 3.05) is 0 Å². The Kier molecular flexibility index (Phi) is 2.28. The smallest absolute Gasteiger partial charge is 0.0787 e. The maximum Gasteiger partial charge on any atom is 0.0787 e. The molecule has 0 amide bonds. The van der Waals surface area contributed by atoms with Crippen molar-refractivity contribution in [3.8, 4) is 0 Å². The van der Waals surface area contributed by atoms with Crippen LogP contribution in [0.5, 0.6) is 0 Å². The van der Waals surface area contributed by atoms with Gasteiger partial charge in [-0.3, -0.25) is 0 Å². The molecule has 56 valence electrons. The molecule has 1 aliphatic rings. The lowest BCUT2D eigenvalue weighted by atomic mass is 9.88. The predicted molar refractivity (Wildman–Crippen MR) is 42.8 cm³/mol. The van der Waals surface area contributed by atoms with Crippen LogP contribution in [-0.4, -0.2) is 11.2 Å². The van der Waals surface area contributed by atoms with Gasteiger partial charge in [0.2, 0.25) is 0 Å². The fourth-order valence-electron chi connectivity index (χ4n) is 1.36. The van der Waals surface area contributed by atoms with Crippen molar-refractivity contribution in [1.82, 2.24) is 0 Å². The highest BCUT2D eigenvalue weighted by molar-refractivity contribution is 5.32. The Morgan fingerprint density at radius 3 is 2.90 bits per heavy atom. The van der Waals surface area contributed by atoms with Gasteiger partial charge in [-0.05, 0) is 37.3 Å². The molecule has 1 atom stereocenters. The Balaban J connectivity index is 2.69. The highest BCUT2D eigenvalue weighted by Gasteiger charge is 2.17. The summed E-state index contributed by atoms with van der Waals surface area (Å²) in [6, 6.07) is 0. The van der Waals surface area contributed by atoms with Gasteiger partial charge in [-0.15, -0.1) is 0 Å². The zero-order chi connectivity index (χ0) is 7.56. The molecule has 0 bridgehead atoms. The normalized spacial score (nSPS) is 31.2. The maximum atomic E-state index is 9.34. The SMILES string of the molecule is C=C1/C(=C\C)CCC[C@@H]1O. The summed E-state index contributed by atoms with van der Waals surface area (Å²) in [5.41, 5.74) is 2.16. The Bertz CT molecular complexity index is 168. The Morgan fingerprint density at radius 1 is 1.70 bits per heavy atom. The van der Waals surface area contributed by atoms with Crippen LogP contribution < -0.4 is 0 Å². The minimum absolute atomic E-state index is 0.278. The fourth-order valence-corrected chi connectivity index (χ4v) is 1.36. The molecule has 1 N–H and O–H groups in total. The summed E-state index contributed by atoms with van der Waals surface area (Å²) in [5, 5.41) is 9.34. The first kappa shape index (κ1) is 7.55. The molecule has 1 saturated carbocycles. The molecule has 0 aromatic rings. The van der Waals surface area contributed by atoms with Gasteiger partial charge in [0.25, 0.3) is 0 Å². The minimum Gasteiger partial charge on any atom is -0.388 e. The molecule has 1 fully saturated rings. The zero-order valence-corrected chi connectivity index (χ0v) is 6.43. The summed E-state index contributed by atoms with van der Waals surface area (Å²) in [6.45, 7) is 5.83. The number of aliphatic hydroxyl groups is 1. The van der Waals surface area contributed by atoms with E-state index < -0.39 is 0 Å². The van der Waals surface area contributed by atoms with Crippen molar-refractivity contribution < 1.29 is 5.11 Å². The molecule has 0 radical (unpaired) electrons. The monoisotopic (exact) mass is 138 g/mol. The van der Waals surface area contributed by atoms with Crippen LogP contribution in [0.4, 0.5) is 0 Å². The van der Waals surface area contributed by atoms with Crippen LogP contribution >= 0.6 is 0 Å². The molecule has 0 aliphatic heterocycles. The van der Waals surface area contributed by atoms with E-state index in [1.165, 1.54) is 5.57 Å². The lowest BCUT2D eigenvalue weighted by Crippen LogP contribution is -2.15. The molecule has 0 aromatic carbocycles. The number of rotatable bonds is 0. The van der Waals surface area contributed by atoms with Crippen LogP contribution in [0.2, 0.25) is 0 Å². The van der Waals surface area contributed by atoms with E-state index in [4.69, 9.17) is 0 Å². The van der Waals surface area contributed by atoms with E-state index in [9.17, 15) is 5.11 Å². The summed E-state index contributed by atoms with van der Waals surface area (Å²) in [4.78, 5) is 0. The molecule has 1 aliphatic carbocycles. The first-order valence-electron chi connectivity index (χ1n) is 3.78. The Labute approximate surface area is 62.1 Å². The van der Waals surface area contributed by atoms with Crippen molar-refractivity contribution in [2.24, 2.45) is 0 Å². The largest absolute Gasteiger partial charge is 0.388 e. The fraction of sp³-hybridized carbons (Fsp3) is 0.556. The molecule has 0 spiro atoms. The topological polar surface area (TPSA) is 20.2 Å². The highest BCUT2D eigenvalue weighted by Crippen LogP contribution is 2.27. The standard InChI is InChI=1S/C9H14O/c1-3-8-5-4-6-9(10)7(8)2/h3,9-10H,2,4-6H2,1H3/b8-3-/t9-/m0/s1. The van der Waals surface area contributed by atoms with E-state index in [1.54, 1.807) is 0 Å². The van der Waals surface area contributed by atoms with E-state index in [1.807, 2.05) is 13.0 Å². The minimum atomic E-state index is -0.278. The highest BCUT2D eigenvalue weighted by atomic mass is 16.3. The molecule has 0 saturated heterocycles. The van der Waals surface area contributed by atoms with Gasteiger partial charge in [-0.25, -0.2) is 0 Å². The summed E-state index contributed by atoms with van der Waals surface area (Å²) in [5.74, 6) is 0. The summed E-state index contributed by atoms with van der Waals surface area (Å²) in [7, 11) is 0. The lowest BCUT2D eigenvalue weighted by Gasteiger charge is -2.22. The second-order valence-electron chi connectivity index (χ2n) is 2.75. The van der Waals surface area contributed by atoms with E-state index in [2.05, 4.69) is 6.58 Å². The second kappa shape index (κ2) is 3.02. The molecule has 10 heavy (non-hydrogen) atoms. The van der Waals surface area contributed by atoms with Crippen LogP contribution in [0.1, 0.15) is 26.2 Å². The average molecular weight is 138 g/mol. The van der Waals surface area contributed by atoms with Crippen molar-refractivity contribution in [3.63, 3.8) is 0 Å². The van der Waals surface area contributed by atoms with Gasteiger partial charge in [-0.1, -0.05) is 12.7 Å². The Hall–Kier alpha value is -0.560. The Morgan fingerprint density at radius 2 is 2.40 bits per heavy atom.